The van der Waals surface area contributed by atoms with Gasteiger partial charge in [-0.3, -0.25) is 0 Å². The number of hydrogen-bond acceptors (Lipinski definition) is 2. The summed E-state index contributed by atoms with van der Waals surface area (Å²) >= 11 is 0. The topological polar surface area (TPSA) is 45.7 Å². The Hall–Kier alpha value is -1.24. The molecular formula is C17H26IN3O. The van der Waals surface area contributed by atoms with Gasteiger partial charge in [0.2, 0.25) is 0 Å². The van der Waals surface area contributed by atoms with Crippen LogP contribution in [0.5, 0.6) is 5.75 Å². The smallest absolute Gasteiger partial charge is 0.192 e. The largest absolute Gasteiger partial charge is 0.487 e. The molecule has 0 bridgehead atoms. The maximum Gasteiger partial charge on any atom is 0.192 e. The average Bonchev–Trinajstić information content (AvgIpc) is 2.43. The van der Waals surface area contributed by atoms with Crippen LogP contribution in [0, 0.1) is 0 Å². The zero-order valence-electron chi connectivity index (χ0n) is 13.6. The molecule has 22 heavy (non-hydrogen) atoms. The van der Waals surface area contributed by atoms with Crippen LogP contribution < -0.4 is 15.4 Å². The van der Waals surface area contributed by atoms with Crippen molar-refractivity contribution in [3.8, 4) is 5.75 Å². The molecule has 0 aliphatic carbocycles. The van der Waals surface area contributed by atoms with Crippen molar-refractivity contribution in [3.05, 3.63) is 42.5 Å². The number of guanidine groups is 1. The van der Waals surface area contributed by atoms with E-state index in [1.54, 1.807) is 6.08 Å². The van der Waals surface area contributed by atoms with Gasteiger partial charge < -0.3 is 15.4 Å². The molecule has 0 amide bonds. The van der Waals surface area contributed by atoms with Gasteiger partial charge in [0.1, 0.15) is 11.4 Å². The first kappa shape index (κ1) is 18.8. The molecule has 1 aliphatic rings. The number of ether oxygens (including phenoxy) is 1. The quantitative estimate of drug-likeness (QED) is 0.342. The zero-order valence-corrected chi connectivity index (χ0v) is 15.9. The molecule has 4 nitrogen and oxygen atoms in total. The summed E-state index contributed by atoms with van der Waals surface area (Å²) in [5, 5.41) is 6.79. The molecule has 0 saturated carbocycles. The van der Waals surface area contributed by atoms with Crippen LogP contribution in [-0.4, -0.2) is 24.7 Å². The van der Waals surface area contributed by atoms with Crippen molar-refractivity contribution in [1.82, 2.24) is 10.6 Å². The molecule has 2 N–H and O–H groups in total. The summed E-state index contributed by atoms with van der Waals surface area (Å²) in [6, 6.07) is 8.38. The summed E-state index contributed by atoms with van der Waals surface area (Å²) in [5.41, 5.74) is 0.989. The third-order valence-corrected chi connectivity index (χ3v) is 3.41. The summed E-state index contributed by atoms with van der Waals surface area (Å²) in [7, 11) is 0. The fourth-order valence-electron chi connectivity index (χ4n) is 2.57. The van der Waals surface area contributed by atoms with Crippen LogP contribution in [0.1, 0.15) is 38.8 Å². The van der Waals surface area contributed by atoms with E-state index in [9.17, 15) is 0 Å². The van der Waals surface area contributed by atoms with Gasteiger partial charge >= 0.3 is 0 Å². The highest BCUT2D eigenvalue weighted by Gasteiger charge is 2.33. The predicted molar refractivity (Wildman–Crippen MR) is 103 cm³/mol. The molecule has 1 aliphatic heterocycles. The SMILES string of the molecule is C=CCN=C(NCC)NC1CC(C)(C)Oc2ccccc21.I. The highest BCUT2D eigenvalue weighted by Crippen LogP contribution is 2.39. The number of halogens is 1. The van der Waals surface area contributed by atoms with Gasteiger partial charge in [-0.2, -0.15) is 0 Å². The van der Waals surface area contributed by atoms with Gasteiger partial charge in [0.25, 0.3) is 0 Å². The zero-order chi connectivity index (χ0) is 15.3. The van der Waals surface area contributed by atoms with E-state index < -0.39 is 0 Å². The number of aliphatic imine (C=N–C) groups is 1. The highest BCUT2D eigenvalue weighted by molar-refractivity contribution is 14.0. The third-order valence-electron chi connectivity index (χ3n) is 3.41. The lowest BCUT2D eigenvalue weighted by Gasteiger charge is -2.38. The Balaban J connectivity index is 0.00000242. The molecule has 0 aromatic heterocycles. The van der Waals surface area contributed by atoms with E-state index >= 15 is 0 Å². The van der Waals surface area contributed by atoms with E-state index in [0.29, 0.717) is 6.54 Å². The lowest BCUT2D eigenvalue weighted by atomic mass is 9.90. The van der Waals surface area contributed by atoms with E-state index in [1.165, 1.54) is 5.56 Å². The molecule has 1 unspecified atom stereocenters. The van der Waals surface area contributed by atoms with Crippen LogP contribution in [-0.2, 0) is 0 Å². The molecule has 0 spiro atoms. The van der Waals surface area contributed by atoms with Gasteiger partial charge in [0.05, 0.1) is 12.6 Å². The first-order chi connectivity index (χ1) is 10.1. The first-order valence-electron chi connectivity index (χ1n) is 7.49. The fraction of sp³-hybridized carbons (Fsp3) is 0.471. The van der Waals surface area contributed by atoms with E-state index in [1.807, 2.05) is 18.2 Å². The third kappa shape index (κ3) is 4.90. The second-order valence-electron chi connectivity index (χ2n) is 5.81. The number of para-hydroxylation sites is 1. The minimum Gasteiger partial charge on any atom is -0.487 e. The molecule has 0 radical (unpaired) electrons. The number of nitrogens with one attached hydrogen (secondary N) is 2. The molecule has 1 aromatic rings. The fourth-order valence-corrected chi connectivity index (χ4v) is 2.57. The van der Waals surface area contributed by atoms with Crippen LogP contribution in [0.15, 0.2) is 41.9 Å². The van der Waals surface area contributed by atoms with E-state index in [0.717, 1.165) is 24.7 Å². The summed E-state index contributed by atoms with van der Waals surface area (Å²) < 4.78 is 6.06. The molecular weight excluding hydrogens is 389 g/mol. The maximum absolute atomic E-state index is 6.06. The monoisotopic (exact) mass is 415 g/mol. The van der Waals surface area contributed by atoms with Crippen LogP contribution >= 0.6 is 24.0 Å². The standard InChI is InChI=1S/C17H25N3O.HI/c1-5-11-19-16(18-6-2)20-14-12-17(3,4)21-15-10-8-7-9-13(14)15;/h5,7-10,14H,1,6,11-12H2,2-4H3,(H2,18,19,20);1H. The van der Waals surface area contributed by atoms with Gasteiger partial charge in [0, 0.05) is 18.5 Å². The number of nitrogens with zero attached hydrogens (tertiary/aromatic N) is 1. The number of hydrogen-bond donors (Lipinski definition) is 2. The van der Waals surface area contributed by atoms with Crippen molar-refractivity contribution in [2.75, 3.05) is 13.1 Å². The lowest BCUT2D eigenvalue weighted by molar-refractivity contribution is 0.0694. The van der Waals surface area contributed by atoms with E-state index in [2.05, 4.69) is 49.0 Å². The van der Waals surface area contributed by atoms with Gasteiger partial charge in [-0.1, -0.05) is 24.3 Å². The Bertz CT molecular complexity index is 528. The Morgan fingerprint density at radius 2 is 2.18 bits per heavy atom. The maximum atomic E-state index is 6.06. The summed E-state index contributed by atoms with van der Waals surface area (Å²) in [6.45, 7) is 11.4. The molecule has 1 atom stereocenters. The molecule has 1 aromatic carbocycles. The number of benzene rings is 1. The second-order valence-corrected chi connectivity index (χ2v) is 5.81. The summed E-state index contributed by atoms with van der Waals surface area (Å²) in [4.78, 5) is 4.48. The molecule has 5 heteroatoms. The Labute approximate surface area is 150 Å². The Morgan fingerprint density at radius 1 is 1.45 bits per heavy atom. The lowest BCUT2D eigenvalue weighted by Crippen LogP contribution is -2.45. The van der Waals surface area contributed by atoms with Gasteiger partial charge in [-0.25, -0.2) is 4.99 Å². The van der Waals surface area contributed by atoms with E-state index in [-0.39, 0.29) is 35.6 Å². The Kier molecular flexibility index (Phi) is 7.19. The van der Waals surface area contributed by atoms with Gasteiger partial charge in [-0.05, 0) is 26.8 Å². The second kappa shape index (κ2) is 8.41. The van der Waals surface area contributed by atoms with Crippen molar-refractivity contribution in [2.24, 2.45) is 4.99 Å². The minimum atomic E-state index is -0.193. The van der Waals surface area contributed by atoms with Crippen molar-refractivity contribution in [2.45, 2.75) is 38.8 Å². The van der Waals surface area contributed by atoms with Gasteiger partial charge in [0.15, 0.2) is 5.96 Å². The molecule has 0 fully saturated rings. The average molecular weight is 415 g/mol. The highest BCUT2D eigenvalue weighted by atomic mass is 127. The first-order valence-corrected chi connectivity index (χ1v) is 7.49. The molecule has 1 heterocycles. The van der Waals surface area contributed by atoms with Crippen LogP contribution in [0.4, 0.5) is 0 Å². The molecule has 2 rings (SSSR count). The predicted octanol–water partition coefficient (Wildman–Crippen LogP) is 3.65. The number of rotatable bonds is 4. The van der Waals surface area contributed by atoms with Crippen molar-refractivity contribution >= 4 is 29.9 Å². The molecule has 0 saturated heterocycles. The van der Waals surface area contributed by atoms with Gasteiger partial charge in [-0.15, -0.1) is 30.6 Å². The van der Waals surface area contributed by atoms with Crippen LogP contribution in [0.2, 0.25) is 0 Å². The van der Waals surface area contributed by atoms with Crippen molar-refractivity contribution in [1.29, 1.82) is 0 Å². The molecule has 122 valence electrons. The van der Waals surface area contributed by atoms with Crippen molar-refractivity contribution in [3.63, 3.8) is 0 Å². The summed E-state index contributed by atoms with van der Waals surface area (Å²) in [5.74, 6) is 1.76. The van der Waals surface area contributed by atoms with Crippen LogP contribution in [0.3, 0.4) is 0 Å². The Morgan fingerprint density at radius 3 is 2.86 bits per heavy atom. The number of fused-ring (bicyclic) bond motifs is 1. The minimum absolute atomic E-state index is 0. The van der Waals surface area contributed by atoms with E-state index in [4.69, 9.17) is 4.74 Å². The van der Waals surface area contributed by atoms with Crippen molar-refractivity contribution < 1.29 is 4.74 Å². The van der Waals surface area contributed by atoms with Crippen LogP contribution in [0.25, 0.3) is 0 Å². The normalized spacial score (nSPS) is 19.2. The summed E-state index contributed by atoms with van der Waals surface area (Å²) in [6.07, 6.45) is 2.68.